The minimum Gasteiger partial charge on any atom is -0.237 e. The summed E-state index contributed by atoms with van der Waals surface area (Å²) in [4.78, 5) is 0. The molecule has 16 heavy (non-hydrogen) atoms. The molecule has 0 bridgehead atoms. The maximum atomic E-state index is 2.35. The Morgan fingerprint density at radius 3 is 2.62 bits per heavy atom. The molecule has 1 aromatic heterocycles. The predicted octanol–water partition coefficient (Wildman–Crippen LogP) is 3.40. The van der Waals surface area contributed by atoms with E-state index in [9.17, 15) is 0 Å². The van der Waals surface area contributed by atoms with Gasteiger partial charge in [0.2, 0.25) is 6.33 Å². The quantitative estimate of drug-likeness (QED) is 0.597. The molecule has 2 heteroatoms. The Bertz CT molecular complexity index is 278. The molecule has 92 valence electrons. The van der Waals surface area contributed by atoms with Crippen molar-refractivity contribution in [3.05, 3.63) is 18.7 Å². The maximum absolute atomic E-state index is 2.35. The van der Waals surface area contributed by atoms with Gasteiger partial charge in [-0.3, -0.25) is 0 Å². The molecule has 0 amide bonds. The highest BCUT2D eigenvalue weighted by Gasteiger charge is 2.11. The second-order valence-corrected chi connectivity index (χ2v) is 4.76. The molecule has 0 spiro atoms. The molecule has 0 fully saturated rings. The Hall–Kier alpha value is -0.790. The van der Waals surface area contributed by atoms with Gasteiger partial charge in [-0.05, 0) is 25.2 Å². The van der Waals surface area contributed by atoms with Gasteiger partial charge in [0, 0.05) is 0 Å². The fourth-order valence-corrected chi connectivity index (χ4v) is 2.15. The lowest BCUT2D eigenvalue weighted by Crippen LogP contribution is -2.30. The van der Waals surface area contributed by atoms with Gasteiger partial charge in [-0.2, -0.15) is 0 Å². The van der Waals surface area contributed by atoms with Crippen LogP contribution in [0.5, 0.6) is 0 Å². The summed E-state index contributed by atoms with van der Waals surface area (Å²) < 4.78 is 4.63. The molecule has 0 saturated heterocycles. The first-order valence-corrected chi connectivity index (χ1v) is 6.84. The van der Waals surface area contributed by atoms with E-state index in [1.165, 1.54) is 38.6 Å². The largest absolute Gasteiger partial charge is 0.243 e. The third-order valence-corrected chi connectivity index (χ3v) is 3.24. The van der Waals surface area contributed by atoms with E-state index in [2.05, 4.69) is 48.6 Å². The summed E-state index contributed by atoms with van der Waals surface area (Å²) in [5.41, 5.74) is 0. The molecule has 0 saturated carbocycles. The molecule has 0 N–H and O–H groups in total. The molecule has 0 aliphatic rings. The van der Waals surface area contributed by atoms with Crippen molar-refractivity contribution in [1.29, 1.82) is 0 Å². The number of aromatic nitrogens is 2. The molecule has 1 aromatic rings. The zero-order valence-electron chi connectivity index (χ0n) is 11.2. The van der Waals surface area contributed by atoms with E-state index in [4.69, 9.17) is 0 Å². The average molecular weight is 223 g/mol. The van der Waals surface area contributed by atoms with Crippen LogP contribution in [0, 0.1) is 5.92 Å². The second kappa shape index (κ2) is 7.48. The van der Waals surface area contributed by atoms with E-state index in [0.717, 1.165) is 12.5 Å². The van der Waals surface area contributed by atoms with Crippen LogP contribution in [-0.2, 0) is 13.1 Å². The highest BCUT2D eigenvalue weighted by atomic mass is 15.1. The lowest BCUT2D eigenvalue weighted by Gasteiger charge is -2.11. The molecule has 1 heterocycles. The lowest BCUT2D eigenvalue weighted by atomic mass is 9.99. The molecule has 0 aliphatic carbocycles. The molecule has 0 radical (unpaired) electrons. The van der Waals surface area contributed by atoms with Crippen molar-refractivity contribution in [1.82, 2.24) is 4.57 Å². The number of hydrogen-bond donors (Lipinski definition) is 0. The molecule has 0 aromatic carbocycles. The Kier molecular flexibility index (Phi) is 6.20. The average Bonchev–Trinajstić information content (AvgIpc) is 2.72. The highest BCUT2D eigenvalue weighted by molar-refractivity contribution is 4.69. The van der Waals surface area contributed by atoms with Crippen molar-refractivity contribution < 1.29 is 4.57 Å². The van der Waals surface area contributed by atoms with Gasteiger partial charge in [-0.15, -0.1) is 0 Å². The van der Waals surface area contributed by atoms with Gasteiger partial charge in [-0.25, -0.2) is 9.13 Å². The van der Waals surface area contributed by atoms with Crippen molar-refractivity contribution in [3.8, 4) is 0 Å². The van der Waals surface area contributed by atoms with Crippen LogP contribution in [0.2, 0.25) is 0 Å². The van der Waals surface area contributed by atoms with Crippen LogP contribution in [0.1, 0.15) is 52.9 Å². The minimum absolute atomic E-state index is 0.849. The maximum Gasteiger partial charge on any atom is 0.243 e. The van der Waals surface area contributed by atoms with Crippen molar-refractivity contribution in [2.75, 3.05) is 0 Å². The van der Waals surface area contributed by atoms with Gasteiger partial charge in [-0.1, -0.05) is 33.6 Å². The van der Waals surface area contributed by atoms with E-state index in [1.807, 2.05) is 0 Å². The second-order valence-electron chi connectivity index (χ2n) is 4.76. The molecule has 1 unspecified atom stereocenters. The summed E-state index contributed by atoms with van der Waals surface area (Å²) >= 11 is 0. The molecule has 0 aliphatic heterocycles. The topological polar surface area (TPSA) is 8.81 Å². The number of aryl methyl sites for hydroxylation is 1. The number of hydrogen-bond acceptors (Lipinski definition) is 0. The third-order valence-electron chi connectivity index (χ3n) is 3.24. The molecular formula is C14H27N2+. The number of unbranched alkanes of at least 4 members (excludes halogenated alkanes) is 1. The van der Waals surface area contributed by atoms with Crippen LogP contribution in [0.25, 0.3) is 0 Å². The Labute approximate surface area is 100 Å². The van der Waals surface area contributed by atoms with Gasteiger partial charge >= 0.3 is 0 Å². The molecule has 2 nitrogen and oxygen atoms in total. The lowest BCUT2D eigenvalue weighted by molar-refractivity contribution is -0.696. The van der Waals surface area contributed by atoms with Crippen LogP contribution in [0.4, 0.5) is 0 Å². The Balaban J connectivity index is 2.43. The summed E-state index contributed by atoms with van der Waals surface area (Å²) in [6, 6.07) is 0. The van der Waals surface area contributed by atoms with Crippen LogP contribution >= 0.6 is 0 Å². The van der Waals surface area contributed by atoms with Crippen LogP contribution in [-0.4, -0.2) is 4.57 Å². The van der Waals surface area contributed by atoms with E-state index in [0.29, 0.717) is 0 Å². The van der Waals surface area contributed by atoms with Gasteiger partial charge in [0.15, 0.2) is 0 Å². The summed E-state index contributed by atoms with van der Waals surface area (Å²) in [5.74, 6) is 0.849. The summed E-state index contributed by atoms with van der Waals surface area (Å²) in [6.07, 6.45) is 13.2. The highest BCUT2D eigenvalue weighted by Crippen LogP contribution is 2.14. The summed E-state index contributed by atoms with van der Waals surface area (Å²) in [6.45, 7) is 9.13. The normalized spacial score (nSPS) is 12.9. The number of rotatable bonds is 8. The zero-order valence-corrected chi connectivity index (χ0v) is 11.2. The first kappa shape index (κ1) is 13.3. The van der Waals surface area contributed by atoms with Crippen LogP contribution in [0.15, 0.2) is 18.7 Å². The van der Waals surface area contributed by atoms with Crippen molar-refractivity contribution >= 4 is 0 Å². The number of nitrogens with zero attached hydrogens (tertiary/aromatic N) is 2. The first-order valence-electron chi connectivity index (χ1n) is 6.84. The first-order chi connectivity index (χ1) is 7.80. The molecular weight excluding hydrogens is 196 g/mol. The minimum atomic E-state index is 0.849. The van der Waals surface area contributed by atoms with E-state index in [-0.39, 0.29) is 0 Å². The SMILES string of the molecule is CCCCC(CC)Cn1cc[n+](CCC)c1. The van der Waals surface area contributed by atoms with Crippen molar-refractivity contribution in [2.24, 2.45) is 5.92 Å². The molecule has 1 rings (SSSR count). The van der Waals surface area contributed by atoms with Gasteiger partial charge in [0.05, 0.1) is 13.1 Å². The number of imidazole rings is 1. The van der Waals surface area contributed by atoms with Gasteiger partial charge in [0.1, 0.15) is 12.4 Å². The fraction of sp³-hybridized carbons (Fsp3) is 0.786. The monoisotopic (exact) mass is 223 g/mol. The van der Waals surface area contributed by atoms with E-state index >= 15 is 0 Å². The van der Waals surface area contributed by atoms with Gasteiger partial charge in [0.25, 0.3) is 0 Å². The summed E-state index contributed by atoms with van der Waals surface area (Å²) in [7, 11) is 0. The van der Waals surface area contributed by atoms with Crippen molar-refractivity contribution in [3.63, 3.8) is 0 Å². The zero-order chi connectivity index (χ0) is 11.8. The van der Waals surface area contributed by atoms with Gasteiger partial charge < -0.3 is 0 Å². The standard InChI is InChI=1S/C14H27N2/c1-4-7-8-14(6-3)12-16-11-10-15(13-16)9-5-2/h10-11,13-14H,4-9,12H2,1-3H3/q+1. The van der Waals surface area contributed by atoms with Crippen LogP contribution < -0.4 is 4.57 Å². The Morgan fingerprint density at radius 2 is 2.00 bits per heavy atom. The smallest absolute Gasteiger partial charge is 0.237 e. The van der Waals surface area contributed by atoms with Crippen LogP contribution in [0.3, 0.4) is 0 Å². The molecule has 1 atom stereocenters. The summed E-state index contributed by atoms with van der Waals surface area (Å²) in [5, 5.41) is 0. The van der Waals surface area contributed by atoms with Crippen molar-refractivity contribution in [2.45, 2.75) is 66.0 Å². The Morgan fingerprint density at radius 1 is 1.19 bits per heavy atom. The predicted molar refractivity (Wildman–Crippen MR) is 68.2 cm³/mol. The van der Waals surface area contributed by atoms with E-state index < -0.39 is 0 Å². The third kappa shape index (κ3) is 4.38. The van der Waals surface area contributed by atoms with E-state index in [1.54, 1.807) is 0 Å². The fourth-order valence-electron chi connectivity index (χ4n) is 2.15.